The lowest BCUT2D eigenvalue weighted by molar-refractivity contribution is 0.285. The van der Waals surface area contributed by atoms with Crippen LogP contribution in [0.5, 0.6) is 11.5 Å². The van der Waals surface area contributed by atoms with Gasteiger partial charge >= 0.3 is 0 Å². The Morgan fingerprint density at radius 2 is 1.64 bits per heavy atom. The number of methoxy groups -OCH3 is 1. The first-order valence-corrected chi connectivity index (χ1v) is 9.72. The molecule has 3 nitrogen and oxygen atoms in total. The summed E-state index contributed by atoms with van der Waals surface area (Å²) in [5, 5.41) is 0. The summed E-state index contributed by atoms with van der Waals surface area (Å²) in [6.45, 7) is 4.89. The molecule has 1 heterocycles. The highest BCUT2D eigenvalue weighted by Crippen LogP contribution is 2.32. The molecule has 3 rings (SSSR count). The molecular weight excluding hydrogens is 346 g/mol. The van der Waals surface area contributed by atoms with E-state index in [4.69, 9.17) is 9.47 Å². The first kappa shape index (κ1) is 19.7. The molecular formula is C25H27NO2. The van der Waals surface area contributed by atoms with Gasteiger partial charge < -0.3 is 9.47 Å². The van der Waals surface area contributed by atoms with E-state index >= 15 is 0 Å². The molecule has 0 aliphatic rings. The number of aromatic nitrogens is 1. The van der Waals surface area contributed by atoms with Crippen LogP contribution in [0.3, 0.4) is 0 Å². The zero-order valence-corrected chi connectivity index (χ0v) is 16.4. The molecule has 0 bridgehead atoms. The highest BCUT2D eigenvalue weighted by molar-refractivity contribution is 5.78. The number of nitrogens with zero attached hydrogens (tertiary/aromatic N) is 1. The van der Waals surface area contributed by atoms with Crippen molar-refractivity contribution < 1.29 is 9.47 Å². The van der Waals surface area contributed by atoms with Crippen molar-refractivity contribution in [3.8, 4) is 11.5 Å². The standard InChI is InChI=1S/C25H27NO2/c1-20(22-14-16-26-17-15-22)23-12-13-24(27-2)25(19-23)28-18-8-4-7-11-21-9-5-3-6-10-21/h3,5-6,9-10,12-17,19H,1,4,7-8,11,18H2,2H3. The number of hydrogen-bond acceptors (Lipinski definition) is 3. The Kier molecular flexibility index (Phi) is 7.25. The van der Waals surface area contributed by atoms with Crippen LogP contribution in [0.1, 0.15) is 36.0 Å². The van der Waals surface area contributed by atoms with Crippen molar-refractivity contribution >= 4 is 5.57 Å². The van der Waals surface area contributed by atoms with Crippen molar-refractivity contribution in [2.45, 2.75) is 25.7 Å². The molecule has 0 aliphatic heterocycles. The summed E-state index contributed by atoms with van der Waals surface area (Å²) in [6, 6.07) is 20.5. The normalized spacial score (nSPS) is 10.5. The van der Waals surface area contributed by atoms with Crippen LogP contribution in [0.15, 0.2) is 79.6 Å². The molecule has 0 fully saturated rings. The van der Waals surface area contributed by atoms with Crippen molar-refractivity contribution in [2.75, 3.05) is 13.7 Å². The minimum Gasteiger partial charge on any atom is -0.493 e. The summed E-state index contributed by atoms with van der Waals surface area (Å²) in [5.74, 6) is 1.51. The van der Waals surface area contributed by atoms with Gasteiger partial charge in [-0.1, -0.05) is 43.0 Å². The highest BCUT2D eigenvalue weighted by atomic mass is 16.5. The van der Waals surface area contributed by atoms with Crippen LogP contribution in [-0.2, 0) is 6.42 Å². The van der Waals surface area contributed by atoms with Gasteiger partial charge in [0.25, 0.3) is 0 Å². The number of hydrogen-bond donors (Lipinski definition) is 0. The van der Waals surface area contributed by atoms with E-state index in [-0.39, 0.29) is 0 Å². The average molecular weight is 373 g/mol. The fourth-order valence-corrected chi connectivity index (χ4v) is 3.13. The van der Waals surface area contributed by atoms with Crippen LogP contribution in [0.25, 0.3) is 5.57 Å². The topological polar surface area (TPSA) is 31.4 Å². The molecule has 0 amide bonds. The van der Waals surface area contributed by atoms with Crippen molar-refractivity contribution in [1.82, 2.24) is 4.98 Å². The summed E-state index contributed by atoms with van der Waals surface area (Å²) in [5.41, 5.74) is 4.41. The van der Waals surface area contributed by atoms with E-state index in [1.165, 1.54) is 12.0 Å². The Balaban J connectivity index is 1.53. The van der Waals surface area contributed by atoms with Crippen LogP contribution in [-0.4, -0.2) is 18.7 Å². The Labute approximate surface area is 167 Å². The lowest BCUT2D eigenvalue weighted by Gasteiger charge is -2.14. The quantitative estimate of drug-likeness (QED) is 0.412. The molecule has 0 saturated heterocycles. The van der Waals surface area contributed by atoms with Crippen molar-refractivity contribution in [3.63, 3.8) is 0 Å². The minimum absolute atomic E-state index is 0.677. The van der Waals surface area contributed by atoms with E-state index in [0.717, 1.165) is 47.5 Å². The van der Waals surface area contributed by atoms with Gasteiger partial charge in [-0.2, -0.15) is 0 Å². The van der Waals surface area contributed by atoms with Gasteiger partial charge in [0.15, 0.2) is 11.5 Å². The van der Waals surface area contributed by atoms with Crippen LogP contribution in [0.4, 0.5) is 0 Å². The molecule has 3 aromatic rings. The lowest BCUT2D eigenvalue weighted by atomic mass is 10.0. The van der Waals surface area contributed by atoms with Crippen LogP contribution >= 0.6 is 0 Å². The molecule has 0 unspecified atom stereocenters. The number of benzene rings is 2. The maximum atomic E-state index is 6.03. The zero-order valence-electron chi connectivity index (χ0n) is 16.4. The summed E-state index contributed by atoms with van der Waals surface area (Å²) < 4.78 is 11.5. The van der Waals surface area contributed by atoms with Gasteiger partial charge in [0.1, 0.15) is 0 Å². The molecule has 0 radical (unpaired) electrons. The number of unbranched alkanes of at least 4 members (excludes halogenated alkanes) is 2. The molecule has 1 aromatic heterocycles. The maximum absolute atomic E-state index is 6.03. The van der Waals surface area contributed by atoms with E-state index in [2.05, 4.69) is 41.9 Å². The molecule has 28 heavy (non-hydrogen) atoms. The van der Waals surface area contributed by atoms with Gasteiger partial charge in [-0.25, -0.2) is 0 Å². The van der Waals surface area contributed by atoms with Crippen LogP contribution in [0, 0.1) is 0 Å². The molecule has 0 aliphatic carbocycles. The zero-order chi connectivity index (χ0) is 19.6. The second-order valence-electron chi connectivity index (χ2n) is 6.72. The van der Waals surface area contributed by atoms with E-state index in [1.54, 1.807) is 19.5 Å². The lowest BCUT2D eigenvalue weighted by Crippen LogP contribution is -2.00. The van der Waals surface area contributed by atoms with Gasteiger partial charge in [-0.3, -0.25) is 4.98 Å². The monoisotopic (exact) mass is 373 g/mol. The second kappa shape index (κ2) is 10.3. The molecule has 144 valence electrons. The van der Waals surface area contributed by atoms with Gasteiger partial charge in [0.05, 0.1) is 13.7 Å². The number of aryl methyl sites for hydroxylation is 1. The largest absolute Gasteiger partial charge is 0.493 e. The Morgan fingerprint density at radius 3 is 2.39 bits per heavy atom. The average Bonchev–Trinajstić information content (AvgIpc) is 2.76. The smallest absolute Gasteiger partial charge is 0.161 e. The predicted molar refractivity (Wildman–Crippen MR) is 115 cm³/mol. The first-order chi connectivity index (χ1) is 13.8. The molecule has 0 atom stereocenters. The fourth-order valence-electron chi connectivity index (χ4n) is 3.13. The second-order valence-corrected chi connectivity index (χ2v) is 6.72. The Bertz CT molecular complexity index is 876. The third-order valence-electron chi connectivity index (χ3n) is 4.75. The van der Waals surface area contributed by atoms with E-state index in [1.807, 2.05) is 30.3 Å². The number of rotatable bonds is 10. The summed E-state index contributed by atoms with van der Waals surface area (Å²) in [6.07, 6.45) is 7.99. The van der Waals surface area contributed by atoms with Gasteiger partial charge in [0.2, 0.25) is 0 Å². The minimum atomic E-state index is 0.677. The maximum Gasteiger partial charge on any atom is 0.161 e. The van der Waals surface area contributed by atoms with Crippen molar-refractivity contribution in [3.05, 3.63) is 96.3 Å². The van der Waals surface area contributed by atoms with Gasteiger partial charge in [0, 0.05) is 12.4 Å². The molecule has 0 spiro atoms. The SMILES string of the molecule is C=C(c1ccncc1)c1ccc(OC)c(OCCCCCc2ccccc2)c1. The van der Waals surface area contributed by atoms with E-state index < -0.39 is 0 Å². The third kappa shape index (κ3) is 5.46. The Morgan fingerprint density at radius 1 is 0.857 bits per heavy atom. The molecule has 0 saturated carbocycles. The third-order valence-corrected chi connectivity index (χ3v) is 4.75. The number of ether oxygens (including phenoxy) is 2. The fraction of sp³-hybridized carbons (Fsp3) is 0.240. The van der Waals surface area contributed by atoms with Crippen LogP contribution < -0.4 is 9.47 Å². The van der Waals surface area contributed by atoms with Crippen LogP contribution in [0.2, 0.25) is 0 Å². The number of pyridine rings is 1. The first-order valence-electron chi connectivity index (χ1n) is 9.72. The molecule has 2 aromatic carbocycles. The Hall–Kier alpha value is -3.07. The highest BCUT2D eigenvalue weighted by Gasteiger charge is 2.09. The summed E-state index contributed by atoms with van der Waals surface area (Å²) in [7, 11) is 1.67. The molecule has 0 N–H and O–H groups in total. The molecule has 3 heteroatoms. The predicted octanol–water partition coefficient (Wildman–Crippen LogP) is 5.94. The van der Waals surface area contributed by atoms with Crippen molar-refractivity contribution in [1.29, 1.82) is 0 Å². The van der Waals surface area contributed by atoms with E-state index in [0.29, 0.717) is 6.61 Å². The summed E-state index contributed by atoms with van der Waals surface area (Å²) >= 11 is 0. The van der Waals surface area contributed by atoms with Gasteiger partial charge in [-0.15, -0.1) is 0 Å². The van der Waals surface area contributed by atoms with Crippen molar-refractivity contribution in [2.24, 2.45) is 0 Å². The van der Waals surface area contributed by atoms with Gasteiger partial charge in [-0.05, 0) is 72.2 Å². The van der Waals surface area contributed by atoms with E-state index in [9.17, 15) is 0 Å². The summed E-state index contributed by atoms with van der Waals surface area (Å²) in [4.78, 5) is 4.06.